The van der Waals surface area contributed by atoms with Crippen molar-refractivity contribution < 1.29 is 24.5 Å². The number of phenolic OH excluding ortho intramolecular Hbond substituents is 2. The largest absolute Gasteiger partial charge is 0.508 e. The van der Waals surface area contributed by atoms with Gasteiger partial charge in [-0.1, -0.05) is 12.1 Å². The molecule has 0 saturated carbocycles. The van der Waals surface area contributed by atoms with Gasteiger partial charge in [0, 0.05) is 5.56 Å². The van der Waals surface area contributed by atoms with E-state index in [-0.39, 0.29) is 17.1 Å². The van der Waals surface area contributed by atoms with E-state index in [0.717, 1.165) is 11.3 Å². The first-order valence-corrected chi connectivity index (χ1v) is 6.81. The zero-order valence-corrected chi connectivity index (χ0v) is 12.5. The fourth-order valence-electron chi connectivity index (χ4n) is 2.20. The molecule has 0 unspecified atom stereocenters. The smallest absolute Gasteiger partial charge is 0.338 e. The first-order chi connectivity index (χ1) is 10.5. The molecule has 2 aromatic carbocycles. The zero-order chi connectivity index (χ0) is 16.1. The van der Waals surface area contributed by atoms with Gasteiger partial charge in [0.1, 0.15) is 17.2 Å². The van der Waals surface area contributed by atoms with Gasteiger partial charge in [-0.25, -0.2) is 4.79 Å². The van der Waals surface area contributed by atoms with Crippen LogP contribution in [0.3, 0.4) is 0 Å². The van der Waals surface area contributed by atoms with Crippen LogP contribution in [-0.4, -0.2) is 30.4 Å². The lowest BCUT2D eigenvalue weighted by atomic mass is 10.0. The third kappa shape index (κ3) is 3.49. The van der Waals surface area contributed by atoms with Crippen molar-refractivity contribution in [3.8, 4) is 17.2 Å². The molecule has 0 aromatic heterocycles. The van der Waals surface area contributed by atoms with E-state index < -0.39 is 5.97 Å². The Balaban J connectivity index is 2.13. The number of aromatic hydroxyl groups is 2. The Morgan fingerprint density at radius 1 is 1.00 bits per heavy atom. The number of hydrogen-bond donors (Lipinski definition) is 2. The highest BCUT2D eigenvalue weighted by atomic mass is 16.5. The zero-order valence-electron chi connectivity index (χ0n) is 12.5. The predicted molar refractivity (Wildman–Crippen MR) is 81.5 cm³/mol. The normalized spacial score (nSPS) is 10.3. The third-order valence-electron chi connectivity index (χ3n) is 3.45. The van der Waals surface area contributed by atoms with Crippen LogP contribution < -0.4 is 4.74 Å². The number of carbonyl (C=O) groups is 1. The Hall–Kier alpha value is -2.69. The topological polar surface area (TPSA) is 76.0 Å². The molecule has 2 aromatic rings. The second kappa shape index (κ2) is 6.85. The van der Waals surface area contributed by atoms with Crippen LogP contribution in [0, 0.1) is 0 Å². The van der Waals surface area contributed by atoms with Crippen LogP contribution in [0.2, 0.25) is 0 Å². The molecule has 116 valence electrons. The van der Waals surface area contributed by atoms with Gasteiger partial charge in [-0.2, -0.15) is 0 Å². The number of esters is 1. The summed E-state index contributed by atoms with van der Waals surface area (Å²) in [6.07, 6.45) is 1.09. The monoisotopic (exact) mass is 302 g/mol. The maximum Gasteiger partial charge on any atom is 0.338 e. The fraction of sp³-hybridized carbons (Fsp3) is 0.235. The van der Waals surface area contributed by atoms with E-state index in [1.165, 1.54) is 19.2 Å². The second-order valence-corrected chi connectivity index (χ2v) is 4.83. The summed E-state index contributed by atoms with van der Waals surface area (Å²) in [5.41, 5.74) is 1.57. The van der Waals surface area contributed by atoms with Gasteiger partial charge in [-0.15, -0.1) is 0 Å². The maximum absolute atomic E-state index is 11.4. The highest BCUT2D eigenvalue weighted by Crippen LogP contribution is 2.30. The molecule has 0 amide bonds. The van der Waals surface area contributed by atoms with E-state index in [2.05, 4.69) is 4.74 Å². The summed E-state index contributed by atoms with van der Waals surface area (Å²) in [7, 11) is 2.85. The average molecular weight is 302 g/mol. The minimum Gasteiger partial charge on any atom is -0.508 e. The molecule has 2 N–H and O–H groups in total. The lowest BCUT2D eigenvalue weighted by molar-refractivity contribution is 0.0599. The number of methoxy groups -OCH3 is 2. The van der Waals surface area contributed by atoms with E-state index in [9.17, 15) is 15.0 Å². The number of hydrogen-bond acceptors (Lipinski definition) is 5. The van der Waals surface area contributed by atoms with Crippen molar-refractivity contribution in [3.05, 3.63) is 53.1 Å². The number of ether oxygens (including phenoxy) is 2. The quantitative estimate of drug-likeness (QED) is 0.830. The molecule has 0 saturated heterocycles. The van der Waals surface area contributed by atoms with Crippen molar-refractivity contribution in [2.45, 2.75) is 12.8 Å². The second-order valence-electron chi connectivity index (χ2n) is 4.83. The van der Waals surface area contributed by atoms with E-state index in [4.69, 9.17) is 4.74 Å². The van der Waals surface area contributed by atoms with Gasteiger partial charge in [0.2, 0.25) is 0 Å². The lowest BCUT2D eigenvalue weighted by Gasteiger charge is -2.10. The van der Waals surface area contributed by atoms with Crippen molar-refractivity contribution in [2.75, 3.05) is 14.2 Å². The molecule has 0 aliphatic rings. The first kappa shape index (κ1) is 15.7. The molecule has 22 heavy (non-hydrogen) atoms. The van der Waals surface area contributed by atoms with Crippen molar-refractivity contribution in [1.29, 1.82) is 0 Å². The van der Waals surface area contributed by atoms with Gasteiger partial charge in [-0.3, -0.25) is 0 Å². The lowest BCUT2D eigenvalue weighted by Crippen LogP contribution is -2.02. The Morgan fingerprint density at radius 2 is 1.59 bits per heavy atom. The molecule has 2 rings (SSSR count). The van der Waals surface area contributed by atoms with Gasteiger partial charge in [-0.05, 0) is 42.7 Å². The standard InChI is InChI=1S/C17H18O5/c1-21-13-6-3-11(4-7-13)5-8-14-15(18)9-12(10-16(14)19)17(20)22-2/h3-4,6-7,9-10,18-19H,5,8H2,1-2H3. The van der Waals surface area contributed by atoms with Crippen molar-refractivity contribution in [3.63, 3.8) is 0 Å². The van der Waals surface area contributed by atoms with Crippen LogP contribution in [0.5, 0.6) is 17.2 Å². The van der Waals surface area contributed by atoms with Crippen LogP contribution in [0.15, 0.2) is 36.4 Å². The summed E-state index contributed by atoms with van der Waals surface area (Å²) in [4.78, 5) is 11.4. The molecular formula is C17H18O5. The van der Waals surface area contributed by atoms with Crippen molar-refractivity contribution in [1.82, 2.24) is 0 Å². The Labute approximate surface area is 128 Å². The molecule has 0 bridgehead atoms. The fourth-order valence-corrected chi connectivity index (χ4v) is 2.20. The molecule has 5 heteroatoms. The highest BCUT2D eigenvalue weighted by Gasteiger charge is 2.14. The van der Waals surface area contributed by atoms with E-state index in [0.29, 0.717) is 18.4 Å². The summed E-state index contributed by atoms with van der Waals surface area (Å²) in [6, 6.07) is 10.2. The van der Waals surface area contributed by atoms with Crippen LogP contribution in [0.25, 0.3) is 0 Å². The van der Waals surface area contributed by atoms with Crippen LogP contribution in [0.1, 0.15) is 21.5 Å². The van der Waals surface area contributed by atoms with Gasteiger partial charge in [0.05, 0.1) is 19.8 Å². The molecule has 0 aliphatic heterocycles. The number of benzene rings is 2. The summed E-state index contributed by atoms with van der Waals surface area (Å²) in [5, 5.41) is 20.0. The van der Waals surface area contributed by atoms with Crippen LogP contribution in [0.4, 0.5) is 0 Å². The molecule has 0 atom stereocenters. The van der Waals surface area contributed by atoms with E-state index >= 15 is 0 Å². The molecule has 5 nitrogen and oxygen atoms in total. The van der Waals surface area contributed by atoms with Gasteiger partial charge >= 0.3 is 5.97 Å². The predicted octanol–water partition coefficient (Wildman–Crippen LogP) is 2.68. The number of phenols is 2. The molecule has 0 fully saturated rings. The van der Waals surface area contributed by atoms with Crippen LogP contribution >= 0.6 is 0 Å². The van der Waals surface area contributed by atoms with Gasteiger partial charge in [0.15, 0.2) is 0 Å². The van der Waals surface area contributed by atoms with Crippen molar-refractivity contribution >= 4 is 5.97 Å². The first-order valence-electron chi connectivity index (χ1n) is 6.81. The summed E-state index contributed by atoms with van der Waals surface area (Å²) in [5.74, 6) is -0.0630. The average Bonchev–Trinajstić information content (AvgIpc) is 2.53. The molecule has 0 spiro atoms. The highest BCUT2D eigenvalue weighted by molar-refractivity contribution is 5.90. The molecule has 0 aliphatic carbocycles. The molecule has 0 radical (unpaired) electrons. The summed E-state index contributed by atoms with van der Waals surface area (Å²) in [6.45, 7) is 0. The van der Waals surface area contributed by atoms with Gasteiger partial charge in [0.25, 0.3) is 0 Å². The van der Waals surface area contributed by atoms with Crippen LogP contribution in [-0.2, 0) is 17.6 Å². The van der Waals surface area contributed by atoms with E-state index in [1.54, 1.807) is 7.11 Å². The number of carbonyl (C=O) groups excluding carboxylic acids is 1. The number of rotatable bonds is 5. The minimum atomic E-state index is -0.604. The van der Waals surface area contributed by atoms with Crippen molar-refractivity contribution in [2.24, 2.45) is 0 Å². The third-order valence-corrected chi connectivity index (χ3v) is 3.45. The molecule has 0 heterocycles. The summed E-state index contributed by atoms with van der Waals surface area (Å²) < 4.78 is 9.66. The van der Waals surface area contributed by atoms with Gasteiger partial charge < -0.3 is 19.7 Å². The van der Waals surface area contributed by atoms with E-state index in [1.807, 2.05) is 24.3 Å². The Kier molecular flexibility index (Phi) is 4.88. The Morgan fingerprint density at radius 3 is 2.09 bits per heavy atom. The number of aryl methyl sites for hydroxylation is 1. The Bertz CT molecular complexity index is 638. The minimum absolute atomic E-state index is 0.116. The molecular weight excluding hydrogens is 284 g/mol. The summed E-state index contributed by atoms with van der Waals surface area (Å²) >= 11 is 0. The maximum atomic E-state index is 11.4. The SMILES string of the molecule is COC(=O)c1cc(O)c(CCc2ccc(OC)cc2)c(O)c1.